The molecule has 9 heteroatoms. The summed E-state index contributed by atoms with van der Waals surface area (Å²) in [6.07, 6.45) is 0.795. The molecule has 0 unspecified atom stereocenters. The number of halogens is 1. The number of aryl methyl sites for hydroxylation is 1. The van der Waals surface area contributed by atoms with Crippen molar-refractivity contribution in [3.05, 3.63) is 131 Å². The number of carbonyl (C=O) groups is 2. The average Bonchev–Trinajstić information content (AvgIpc) is 3.02. The molecule has 2 amide bonds. The molecule has 0 aromatic heterocycles. The van der Waals surface area contributed by atoms with Gasteiger partial charge in [0.15, 0.2) is 0 Å². The van der Waals surface area contributed by atoms with Crippen molar-refractivity contribution in [2.24, 2.45) is 0 Å². The summed E-state index contributed by atoms with van der Waals surface area (Å²) in [6.45, 7) is 7.15. The first-order chi connectivity index (χ1) is 21.4. The first-order valence-electron chi connectivity index (χ1n) is 14.9. The van der Waals surface area contributed by atoms with Gasteiger partial charge in [0, 0.05) is 23.5 Å². The van der Waals surface area contributed by atoms with Gasteiger partial charge in [-0.15, -0.1) is 0 Å². The monoisotopic (exact) mass is 645 g/mol. The summed E-state index contributed by atoms with van der Waals surface area (Å²) >= 11 is 6.16. The van der Waals surface area contributed by atoms with Crippen molar-refractivity contribution in [3.8, 4) is 0 Å². The maximum absolute atomic E-state index is 14.6. The molecule has 1 N–H and O–H groups in total. The second-order valence-corrected chi connectivity index (χ2v) is 14.2. The van der Waals surface area contributed by atoms with Gasteiger partial charge in [0.25, 0.3) is 10.0 Å². The van der Waals surface area contributed by atoms with Crippen LogP contribution in [-0.4, -0.2) is 43.3 Å². The smallest absolute Gasteiger partial charge is 0.264 e. The molecule has 4 aromatic carbocycles. The molecule has 0 radical (unpaired) electrons. The highest BCUT2D eigenvalue weighted by Gasteiger charge is 2.36. The van der Waals surface area contributed by atoms with Crippen molar-refractivity contribution in [1.29, 1.82) is 0 Å². The van der Waals surface area contributed by atoms with Gasteiger partial charge in [0.2, 0.25) is 11.8 Å². The van der Waals surface area contributed by atoms with E-state index in [1.807, 2.05) is 70.2 Å². The van der Waals surface area contributed by atoms with Crippen LogP contribution < -0.4 is 9.62 Å². The van der Waals surface area contributed by atoms with Gasteiger partial charge >= 0.3 is 0 Å². The Morgan fingerprint density at radius 3 is 1.98 bits per heavy atom. The lowest BCUT2D eigenvalue weighted by Crippen LogP contribution is -2.56. The summed E-state index contributed by atoms with van der Waals surface area (Å²) in [5.41, 5.74) is 2.25. The minimum absolute atomic E-state index is 0.0688. The fourth-order valence-corrected chi connectivity index (χ4v) is 6.68. The lowest BCUT2D eigenvalue weighted by molar-refractivity contribution is -0.140. The number of nitrogens with zero attached hydrogens (tertiary/aromatic N) is 2. The van der Waals surface area contributed by atoms with Crippen LogP contribution in [0.15, 0.2) is 114 Å². The summed E-state index contributed by atoms with van der Waals surface area (Å²) in [5.74, 6) is -0.847. The Morgan fingerprint density at radius 2 is 1.38 bits per heavy atom. The first kappa shape index (κ1) is 33.7. The zero-order valence-corrected chi connectivity index (χ0v) is 27.7. The molecule has 0 aliphatic carbocycles. The van der Waals surface area contributed by atoms with Crippen LogP contribution in [0.2, 0.25) is 5.02 Å². The third-order valence-electron chi connectivity index (χ3n) is 7.29. The van der Waals surface area contributed by atoms with E-state index in [4.69, 9.17) is 11.6 Å². The zero-order chi connectivity index (χ0) is 32.6. The molecule has 1 atom stereocenters. The summed E-state index contributed by atoms with van der Waals surface area (Å²) in [7, 11) is -4.16. The molecule has 0 aliphatic rings. The fraction of sp³-hybridized carbons (Fsp3) is 0.278. The average molecular weight is 646 g/mol. The second kappa shape index (κ2) is 14.8. The van der Waals surface area contributed by atoms with Crippen LogP contribution >= 0.6 is 11.6 Å². The van der Waals surface area contributed by atoms with Crippen LogP contribution in [0.25, 0.3) is 0 Å². The van der Waals surface area contributed by atoms with Crippen molar-refractivity contribution in [1.82, 2.24) is 10.2 Å². The van der Waals surface area contributed by atoms with Crippen LogP contribution in [0.5, 0.6) is 0 Å². The standard InChI is InChI=1S/C36H40ClN3O4S/c1-5-29-16-12-13-19-32(29)40(45(43,44)31-17-10-7-11-18-31)26-34(41)39(25-28-20-22-30(37)23-21-28)33(35(42)38-36(2,3)4)24-27-14-8-6-9-15-27/h6-23,33H,5,24-26H2,1-4H3,(H,38,42)/t33-/m1/s1. The van der Waals surface area contributed by atoms with Crippen molar-refractivity contribution >= 4 is 39.1 Å². The quantitative estimate of drug-likeness (QED) is 0.187. The molecule has 0 heterocycles. The highest BCUT2D eigenvalue weighted by Crippen LogP contribution is 2.28. The first-order valence-corrected chi connectivity index (χ1v) is 16.8. The Labute approximate surface area is 271 Å². The number of benzene rings is 4. The van der Waals surface area contributed by atoms with E-state index in [2.05, 4.69) is 5.32 Å². The van der Waals surface area contributed by atoms with Gasteiger partial charge in [-0.2, -0.15) is 0 Å². The molecule has 4 rings (SSSR count). The Hall–Kier alpha value is -4.14. The third-order valence-corrected chi connectivity index (χ3v) is 9.31. The van der Waals surface area contributed by atoms with E-state index in [1.165, 1.54) is 21.3 Å². The zero-order valence-electron chi connectivity index (χ0n) is 26.1. The molecule has 0 spiro atoms. The van der Waals surface area contributed by atoms with Gasteiger partial charge in [-0.3, -0.25) is 13.9 Å². The topological polar surface area (TPSA) is 86.8 Å². The van der Waals surface area contributed by atoms with E-state index in [-0.39, 0.29) is 23.8 Å². The molecule has 4 aromatic rings. The molecular weight excluding hydrogens is 606 g/mol. The number of hydrogen-bond acceptors (Lipinski definition) is 4. The number of nitrogens with one attached hydrogen (secondary N) is 1. The second-order valence-electron chi connectivity index (χ2n) is 11.9. The molecule has 0 aliphatic heterocycles. The minimum atomic E-state index is -4.16. The molecular formula is C36H40ClN3O4S. The van der Waals surface area contributed by atoms with Gasteiger partial charge in [-0.1, -0.05) is 97.4 Å². The van der Waals surface area contributed by atoms with Crippen LogP contribution in [0.4, 0.5) is 5.69 Å². The molecule has 0 saturated carbocycles. The molecule has 236 valence electrons. The summed E-state index contributed by atoms with van der Waals surface area (Å²) in [4.78, 5) is 30.1. The Morgan fingerprint density at radius 1 is 0.800 bits per heavy atom. The molecule has 0 bridgehead atoms. The van der Waals surface area contributed by atoms with E-state index in [0.717, 1.165) is 16.7 Å². The van der Waals surface area contributed by atoms with Crippen molar-refractivity contribution < 1.29 is 18.0 Å². The molecule has 7 nitrogen and oxygen atoms in total. The van der Waals surface area contributed by atoms with Crippen LogP contribution in [0.1, 0.15) is 44.4 Å². The summed E-state index contributed by atoms with van der Waals surface area (Å²) in [6, 6.07) is 30.8. The predicted octanol–water partition coefficient (Wildman–Crippen LogP) is 6.65. The fourth-order valence-electron chi connectivity index (χ4n) is 5.08. The highest BCUT2D eigenvalue weighted by atomic mass is 35.5. The summed E-state index contributed by atoms with van der Waals surface area (Å²) in [5, 5.41) is 3.58. The Balaban J connectivity index is 1.83. The van der Waals surface area contributed by atoms with Crippen molar-refractivity contribution in [2.75, 3.05) is 10.8 Å². The minimum Gasteiger partial charge on any atom is -0.350 e. The Bertz CT molecular complexity index is 1690. The normalized spacial score (nSPS) is 12.3. The van der Waals surface area contributed by atoms with Crippen LogP contribution in [0.3, 0.4) is 0 Å². The van der Waals surface area contributed by atoms with Gasteiger partial charge in [-0.25, -0.2) is 8.42 Å². The van der Waals surface area contributed by atoms with E-state index >= 15 is 0 Å². The van der Waals surface area contributed by atoms with Crippen molar-refractivity contribution in [3.63, 3.8) is 0 Å². The maximum atomic E-state index is 14.6. The predicted molar refractivity (Wildman–Crippen MR) is 181 cm³/mol. The van der Waals surface area contributed by atoms with Gasteiger partial charge in [0.05, 0.1) is 10.6 Å². The third kappa shape index (κ3) is 8.96. The largest absolute Gasteiger partial charge is 0.350 e. The number of anilines is 1. The number of sulfonamides is 1. The van der Waals surface area contributed by atoms with Gasteiger partial charge < -0.3 is 10.2 Å². The highest BCUT2D eigenvalue weighted by molar-refractivity contribution is 7.92. The number of rotatable bonds is 12. The van der Waals surface area contributed by atoms with Crippen LogP contribution in [-0.2, 0) is 39.0 Å². The summed E-state index contributed by atoms with van der Waals surface area (Å²) < 4.78 is 29.6. The van der Waals surface area contributed by atoms with Gasteiger partial charge in [-0.05, 0) is 74.2 Å². The maximum Gasteiger partial charge on any atom is 0.264 e. The van der Waals surface area contributed by atoms with Crippen molar-refractivity contribution in [2.45, 2.75) is 63.6 Å². The Kier molecular flexibility index (Phi) is 11.1. The molecule has 0 fully saturated rings. The number of carbonyl (C=O) groups excluding carboxylic acids is 2. The molecule has 45 heavy (non-hydrogen) atoms. The van der Waals surface area contributed by atoms with Gasteiger partial charge in [0.1, 0.15) is 12.6 Å². The number of para-hydroxylation sites is 1. The SMILES string of the molecule is CCc1ccccc1N(CC(=O)N(Cc1ccc(Cl)cc1)[C@H](Cc1ccccc1)C(=O)NC(C)(C)C)S(=O)(=O)c1ccccc1. The number of amides is 2. The number of hydrogen-bond donors (Lipinski definition) is 1. The lowest BCUT2D eigenvalue weighted by Gasteiger charge is -2.35. The van der Waals surface area contributed by atoms with E-state index in [0.29, 0.717) is 17.1 Å². The molecule has 0 saturated heterocycles. The van der Waals surface area contributed by atoms with Crippen LogP contribution in [0, 0.1) is 0 Å². The van der Waals surface area contributed by atoms with E-state index < -0.39 is 34.1 Å². The van der Waals surface area contributed by atoms with E-state index in [9.17, 15) is 18.0 Å². The lowest BCUT2D eigenvalue weighted by atomic mass is 10.0. The van der Waals surface area contributed by atoms with E-state index in [1.54, 1.807) is 54.6 Å².